The Bertz CT molecular complexity index is 1020. The van der Waals surface area contributed by atoms with Gasteiger partial charge in [-0.2, -0.15) is 4.98 Å². The molecule has 0 aliphatic rings. The second-order valence-corrected chi connectivity index (χ2v) is 8.21. The molecular formula is C18H18ClN3O4S. The molecule has 27 heavy (non-hydrogen) atoms. The summed E-state index contributed by atoms with van der Waals surface area (Å²) in [5.41, 5.74) is 0.810. The molecule has 0 amide bonds. The van der Waals surface area contributed by atoms with Gasteiger partial charge in [-0.3, -0.25) is 0 Å². The van der Waals surface area contributed by atoms with Crippen molar-refractivity contribution < 1.29 is 17.7 Å². The van der Waals surface area contributed by atoms with Crippen LogP contribution in [0.2, 0.25) is 5.02 Å². The van der Waals surface area contributed by atoms with Gasteiger partial charge in [0.2, 0.25) is 10.0 Å². The van der Waals surface area contributed by atoms with Gasteiger partial charge in [-0.25, -0.2) is 12.7 Å². The van der Waals surface area contributed by atoms with Gasteiger partial charge >= 0.3 is 0 Å². The fourth-order valence-electron chi connectivity index (χ4n) is 2.42. The molecule has 0 unspecified atom stereocenters. The Labute approximate surface area is 162 Å². The van der Waals surface area contributed by atoms with E-state index in [2.05, 4.69) is 10.1 Å². The molecule has 0 saturated carbocycles. The van der Waals surface area contributed by atoms with Gasteiger partial charge in [-0.1, -0.05) is 35.0 Å². The first-order valence-corrected chi connectivity index (χ1v) is 9.91. The van der Waals surface area contributed by atoms with Crippen LogP contribution in [0.15, 0.2) is 57.9 Å². The summed E-state index contributed by atoms with van der Waals surface area (Å²) in [7, 11) is -0.735. The highest BCUT2D eigenvalue weighted by Crippen LogP contribution is 2.28. The van der Waals surface area contributed by atoms with Crippen LogP contribution in [-0.2, 0) is 16.4 Å². The Hall–Kier alpha value is -2.42. The zero-order valence-corrected chi connectivity index (χ0v) is 16.4. The molecule has 0 aliphatic carbocycles. The number of likely N-dealkylation sites (N-methyl/N-ethyl adjacent to an activating group) is 1. The van der Waals surface area contributed by atoms with Crippen LogP contribution in [0.25, 0.3) is 11.5 Å². The van der Waals surface area contributed by atoms with Crippen molar-refractivity contribution in [2.45, 2.75) is 11.3 Å². The van der Waals surface area contributed by atoms with E-state index in [-0.39, 0.29) is 16.5 Å². The van der Waals surface area contributed by atoms with Crippen LogP contribution >= 0.6 is 11.6 Å². The minimum Gasteiger partial charge on any atom is -0.495 e. The average Bonchev–Trinajstić information content (AvgIpc) is 3.15. The zero-order chi connectivity index (χ0) is 19.4. The third-order valence-corrected chi connectivity index (χ3v) is 6.12. The van der Waals surface area contributed by atoms with Crippen molar-refractivity contribution in [3.8, 4) is 17.2 Å². The summed E-state index contributed by atoms with van der Waals surface area (Å²) in [5, 5.41) is 4.14. The first-order chi connectivity index (χ1) is 12.9. The predicted octanol–water partition coefficient (Wildman–Crippen LogP) is 3.26. The van der Waals surface area contributed by atoms with E-state index >= 15 is 0 Å². The van der Waals surface area contributed by atoms with Gasteiger partial charge in [0.25, 0.3) is 5.89 Å². The van der Waals surface area contributed by atoms with Crippen molar-refractivity contribution >= 4 is 21.6 Å². The first kappa shape index (κ1) is 19.3. The smallest absolute Gasteiger partial charge is 0.257 e. The summed E-state index contributed by atoms with van der Waals surface area (Å²) in [6.45, 7) is 0.194. The number of nitrogens with zero attached hydrogens (tertiary/aromatic N) is 3. The number of hydrogen-bond acceptors (Lipinski definition) is 6. The molecule has 142 valence electrons. The molecule has 7 nitrogen and oxygen atoms in total. The predicted molar refractivity (Wildman–Crippen MR) is 101 cm³/mol. The third-order valence-electron chi connectivity index (χ3n) is 3.97. The number of halogens is 1. The summed E-state index contributed by atoms with van der Waals surface area (Å²) < 4.78 is 36.9. The molecule has 0 radical (unpaired) electrons. The average molecular weight is 408 g/mol. The summed E-state index contributed by atoms with van der Waals surface area (Å²) in [5.74, 6) is 1.25. The highest BCUT2D eigenvalue weighted by molar-refractivity contribution is 7.89. The second kappa shape index (κ2) is 8.08. The van der Waals surface area contributed by atoms with Gasteiger partial charge in [-0.05, 0) is 30.3 Å². The molecular weight excluding hydrogens is 390 g/mol. The minimum atomic E-state index is -3.69. The van der Waals surface area contributed by atoms with Gasteiger partial charge in [0.1, 0.15) is 5.75 Å². The lowest BCUT2D eigenvalue weighted by Gasteiger charge is -2.17. The Morgan fingerprint density at radius 2 is 1.93 bits per heavy atom. The van der Waals surface area contributed by atoms with Crippen LogP contribution in [0.3, 0.4) is 0 Å². The van der Waals surface area contributed by atoms with Gasteiger partial charge in [0, 0.05) is 25.6 Å². The molecule has 1 heterocycles. The molecule has 9 heteroatoms. The van der Waals surface area contributed by atoms with Crippen molar-refractivity contribution in [3.63, 3.8) is 0 Å². The molecule has 2 aromatic carbocycles. The minimum absolute atomic E-state index is 0.0916. The lowest BCUT2D eigenvalue weighted by Crippen LogP contribution is -2.29. The number of methoxy groups -OCH3 is 1. The molecule has 0 N–H and O–H groups in total. The SMILES string of the molecule is COc1ccc(S(=O)(=O)N(C)CCc2noc(-c3ccccc3)n2)cc1Cl. The van der Waals surface area contributed by atoms with E-state index in [0.717, 1.165) is 5.56 Å². The lowest BCUT2D eigenvalue weighted by molar-refractivity contribution is 0.413. The van der Waals surface area contributed by atoms with E-state index in [1.807, 2.05) is 30.3 Å². The summed E-state index contributed by atoms with van der Waals surface area (Å²) in [6.07, 6.45) is 0.315. The summed E-state index contributed by atoms with van der Waals surface area (Å²) in [6, 6.07) is 13.7. The van der Waals surface area contributed by atoms with Crippen LogP contribution in [0.5, 0.6) is 5.75 Å². The maximum Gasteiger partial charge on any atom is 0.257 e. The molecule has 0 saturated heterocycles. The van der Waals surface area contributed by atoms with Crippen LogP contribution in [-0.4, -0.2) is 43.6 Å². The van der Waals surface area contributed by atoms with Crippen molar-refractivity contribution in [1.82, 2.24) is 14.4 Å². The van der Waals surface area contributed by atoms with Crippen molar-refractivity contribution in [2.24, 2.45) is 0 Å². The molecule has 0 bridgehead atoms. The number of benzene rings is 2. The Morgan fingerprint density at radius 3 is 2.59 bits per heavy atom. The second-order valence-electron chi connectivity index (χ2n) is 5.75. The number of ether oxygens (including phenoxy) is 1. The molecule has 0 spiro atoms. The van der Waals surface area contributed by atoms with Crippen molar-refractivity contribution in [3.05, 3.63) is 59.4 Å². The largest absolute Gasteiger partial charge is 0.495 e. The summed E-state index contributed by atoms with van der Waals surface area (Å²) >= 11 is 6.03. The van der Waals surface area contributed by atoms with Crippen LogP contribution in [0.4, 0.5) is 0 Å². The molecule has 3 aromatic rings. The molecule has 1 aromatic heterocycles. The Balaban J connectivity index is 1.69. The number of sulfonamides is 1. The topological polar surface area (TPSA) is 85.5 Å². The first-order valence-electron chi connectivity index (χ1n) is 8.09. The van der Waals surface area contributed by atoms with E-state index < -0.39 is 10.0 Å². The van der Waals surface area contributed by atoms with Crippen LogP contribution in [0.1, 0.15) is 5.82 Å². The number of hydrogen-bond donors (Lipinski definition) is 0. The van der Waals surface area contributed by atoms with Gasteiger partial charge in [0.05, 0.1) is 17.0 Å². The number of rotatable bonds is 7. The molecule has 0 atom stereocenters. The maximum absolute atomic E-state index is 12.7. The van der Waals surface area contributed by atoms with Crippen LogP contribution < -0.4 is 4.74 Å². The molecule has 0 fully saturated rings. The highest BCUT2D eigenvalue weighted by atomic mass is 35.5. The lowest BCUT2D eigenvalue weighted by atomic mass is 10.2. The standard InChI is InChI=1S/C18H18ClN3O4S/c1-22(27(23,24)14-8-9-16(25-2)15(19)12-14)11-10-17-20-18(26-21-17)13-6-4-3-5-7-13/h3-9,12H,10-11H2,1-2H3. The van der Waals surface area contributed by atoms with Crippen LogP contribution in [0, 0.1) is 0 Å². The monoisotopic (exact) mass is 407 g/mol. The summed E-state index contributed by atoms with van der Waals surface area (Å²) in [4.78, 5) is 4.40. The van der Waals surface area contributed by atoms with E-state index in [4.69, 9.17) is 20.9 Å². The Kier molecular flexibility index (Phi) is 5.79. The third kappa shape index (κ3) is 4.29. The molecule has 3 rings (SSSR count). The molecule has 0 aliphatic heterocycles. The highest BCUT2D eigenvalue weighted by Gasteiger charge is 2.22. The fourth-order valence-corrected chi connectivity index (χ4v) is 3.94. The van der Waals surface area contributed by atoms with Crippen molar-refractivity contribution in [2.75, 3.05) is 20.7 Å². The van der Waals surface area contributed by atoms with Gasteiger partial charge in [-0.15, -0.1) is 0 Å². The normalized spacial score (nSPS) is 11.7. The fraction of sp³-hybridized carbons (Fsp3) is 0.222. The number of aromatic nitrogens is 2. The van der Waals surface area contributed by atoms with E-state index in [0.29, 0.717) is 23.9 Å². The van der Waals surface area contributed by atoms with Crippen molar-refractivity contribution in [1.29, 1.82) is 0 Å². The Morgan fingerprint density at radius 1 is 1.19 bits per heavy atom. The van der Waals surface area contributed by atoms with E-state index in [9.17, 15) is 8.42 Å². The van der Waals surface area contributed by atoms with Gasteiger partial charge in [0.15, 0.2) is 5.82 Å². The maximum atomic E-state index is 12.7. The quantitative estimate of drug-likeness (QED) is 0.597. The van der Waals surface area contributed by atoms with Gasteiger partial charge < -0.3 is 9.26 Å². The zero-order valence-electron chi connectivity index (χ0n) is 14.8. The van der Waals surface area contributed by atoms with E-state index in [1.54, 1.807) is 0 Å². The van der Waals surface area contributed by atoms with E-state index in [1.165, 1.54) is 36.7 Å².